The van der Waals surface area contributed by atoms with Gasteiger partial charge in [-0.15, -0.1) is 0 Å². The van der Waals surface area contributed by atoms with Gasteiger partial charge in [0.05, 0.1) is 0 Å². The van der Waals surface area contributed by atoms with Gasteiger partial charge in [-0.05, 0) is 43.7 Å². The summed E-state index contributed by atoms with van der Waals surface area (Å²) in [6.45, 7) is 10.4. The molecule has 1 aliphatic rings. The Morgan fingerprint density at radius 2 is 1.91 bits per heavy atom. The Hall–Kier alpha value is -1.88. The summed E-state index contributed by atoms with van der Waals surface area (Å²) in [4.78, 5) is 19.6. The standard InChI is InChI=1S/C18H26N4O/c1-12-9-14(13(2)19)17-20-15(10-16(23)22(17)11-12)21-7-5-18(3,4)6-8-21/h9-11,13H,5-8,19H2,1-4H3/t13-/m1/s1. The largest absolute Gasteiger partial charge is 0.356 e. The fraction of sp³-hybridized carbons (Fsp3) is 0.556. The topological polar surface area (TPSA) is 63.6 Å². The van der Waals surface area contributed by atoms with Crippen LogP contribution in [0.25, 0.3) is 5.65 Å². The molecule has 1 atom stereocenters. The van der Waals surface area contributed by atoms with Gasteiger partial charge >= 0.3 is 0 Å². The normalized spacial score (nSPS) is 19.1. The number of hydrogen-bond acceptors (Lipinski definition) is 4. The highest BCUT2D eigenvalue weighted by atomic mass is 16.1. The van der Waals surface area contributed by atoms with Crippen molar-refractivity contribution in [2.45, 2.75) is 46.6 Å². The molecule has 23 heavy (non-hydrogen) atoms. The van der Waals surface area contributed by atoms with E-state index >= 15 is 0 Å². The van der Waals surface area contributed by atoms with Gasteiger partial charge in [0.15, 0.2) is 0 Å². The second-order valence-corrected chi connectivity index (χ2v) is 7.56. The molecular weight excluding hydrogens is 288 g/mol. The van der Waals surface area contributed by atoms with Gasteiger partial charge < -0.3 is 10.6 Å². The maximum absolute atomic E-state index is 12.6. The molecule has 1 aliphatic heterocycles. The van der Waals surface area contributed by atoms with Crippen molar-refractivity contribution in [3.63, 3.8) is 0 Å². The molecule has 5 nitrogen and oxygen atoms in total. The molecule has 3 heterocycles. The van der Waals surface area contributed by atoms with Crippen LogP contribution >= 0.6 is 0 Å². The van der Waals surface area contributed by atoms with Crippen LogP contribution in [0, 0.1) is 12.3 Å². The van der Waals surface area contributed by atoms with Crippen LogP contribution in [0.2, 0.25) is 0 Å². The van der Waals surface area contributed by atoms with E-state index in [9.17, 15) is 4.79 Å². The third-order valence-electron chi connectivity index (χ3n) is 4.84. The molecule has 0 unspecified atom stereocenters. The zero-order chi connectivity index (χ0) is 16.8. The predicted octanol–water partition coefficient (Wildman–Crippen LogP) is 2.65. The highest BCUT2D eigenvalue weighted by Gasteiger charge is 2.26. The smallest absolute Gasteiger partial charge is 0.259 e. The fourth-order valence-corrected chi connectivity index (χ4v) is 3.20. The van der Waals surface area contributed by atoms with Crippen molar-refractivity contribution >= 4 is 11.5 Å². The van der Waals surface area contributed by atoms with Gasteiger partial charge in [-0.25, -0.2) is 4.98 Å². The number of aryl methyl sites for hydroxylation is 1. The molecule has 2 aromatic rings. The summed E-state index contributed by atoms with van der Waals surface area (Å²) in [5, 5.41) is 0. The van der Waals surface area contributed by atoms with Crippen molar-refractivity contribution in [3.8, 4) is 0 Å². The molecule has 3 rings (SSSR count). The molecule has 0 amide bonds. The van der Waals surface area contributed by atoms with Crippen LogP contribution in [0.3, 0.4) is 0 Å². The lowest BCUT2D eigenvalue weighted by Gasteiger charge is -2.37. The van der Waals surface area contributed by atoms with E-state index in [-0.39, 0.29) is 11.6 Å². The van der Waals surface area contributed by atoms with Crippen molar-refractivity contribution in [1.29, 1.82) is 0 Å². The average molecular weight is 314 g/mol. The lowest BCUT2D eigenvalue weighted by Crippen LogP contribution is -2.38. The number of nitrogens with zero attached hydrogens (tertiary/aromatic N) is 3. The molecule has 0 aliphatic carbocycles. The van der Waals surface area contributed by atoms with E-state index < -0.39 is 0 Å². The minimum absolute atomic E-state index is 0.0413. The minimum Gasteiger partial charge on any atom is -0.356 e. The van der Waals surface area contributed by atoms with Crippen molar-refractivity contribution in [1.82, 2.24) is 9.38 Å². The molecule has 0 radical (unpaired) electrons. The Morgan fingerprint density at radius 3 is 2.52 bits per heavy atom. The number of hydrogen-bond donors (Lipinski definition) is 1. The highest BCUT2D eigenvalue weighted by molar-refractivity contribution is 5.55. The minimum atomic E-state index is -0.160. The van der Waals surface area contributed by atoms with Crippen LogP contribution in [0.5, 0.6) is 0 Å². The summed E-state index contributed by atoms with van der Waals surface area (Å²) < 4.78 is 1.62. The summed E-state index contributed by atoms with van der Waals surface area (Å²) >= 11 is 0. The molecule has 2 N–H and O–H groups in total. The zero-order valence-electron chi connectivity index (χ0n) is 14.5. The molecule has 2 aromatic heterocycles. The predicted molar refractivity (Wildman–Crippen MR) is 94.0 cm³/mol. The second kappa shape index (κ2) is 5.64. The third kappa shape index (κ3) is 3.11. The number of nitrogens with two attached hydrogens (primary N) is 1. The molecule has 0 saturated carbocycles. The summed E-state index contributed by atoms with van der Waals surface area (Å²) in [6.07, 6.45) is 4.06. The number of fused-ring (bicyclic) bond motifs is 1. The molecule has 1 saturated heterocycles. The molecule has 1 fully saturated rings. The van der Waals surface area contributed by atoms with Gasteiger partial charge in [-0.3, -0.25) is 9.20 Å². The van der Waals surface area contributed by atoms with E-state index in [1.165, 1.54) is 0 Å². The Balaban J connectivity index is 2.09. The zero-order valence-corrected chi connectivity index (χ0v) is 14.5. The van der Waals surface area contributed by atoms with E-state index in [2.05, 4.69) is 18.7 Å². The van der Waals surface area contributed by atoms with Crippen molar-refractivity contribution < 1.29 is 0 Å². The molecular formula is C18H26N4O. The molecule has 124 valence electrons. The van der Waals surface area contributed by atoms with Crippen LogP contribution < -0.4 is 16.2 Å². The monoisotopic (exact) mass is 314 g/mol. The van der Waals surface area contributed by atoms with E-state index in [4.69, 9.17) is 10.7 Å². The van der Waals surface area contributed by atoms with Gasteiger partial charge in [-0.1, -0.05) is 13.8 Å². The first-order valence-corrected chi connectivity index (χ1v) is 8.31. The maximum Gasteiger partial charge on any atom is 0.259 e. The summed E-state index contributed by atoms with van der Waals surface area (Å²) in [7, 11) is 0. The van der Waals surface area contributed by atoms with Crippen molar-refractivity contribution in [3.05, 3.63) is 39.8 Å². The van der Waals surface area contributed by atoms with E-state index in [1.807, 2.05) is 26.1 Å². The number of rotatable bonds is 2. The number of aromatic nitrogens is 2. The molecule has 0 bridgehead atoms. The lowest BCUT2D eigenvalue weighted by molar-refractivity contribution is 0.279. The van der Waals surface area contributed by atoms with E-state index in [1.54, 1.807) is 10.5 Å². The summed E-state index contributed by atoms with van der Waals surface area (Å²) in [5.41, 5.74) is 9.04. The van der Waals surface area contributed by atoms with Gasteiger partial charge in [0.1, 0.15) is 11.5 Å². The second-order valence-electron chi connectivity index (χ2n) is 7.56. The first-order chi connectivity index (χ1) is 10.8. The van der Waals surface area contributed by atoms with Gasteiger partial charge in [-0.2, -0.15) is 0 Å². The van der Waals surface area contributed by atoms with E-state index in [0.29, 0.717) is 11.1 Å². The first kappa shape index (κ1) is 16.0. The summed E-state index contributed by atoms with van der Waals surface area (Å²) in [5.74, 6) is 0.774. The average Bonchev–Trinajstić information content (AvgIpc) is 2.47. The summed E-state index contributed by atoms with van der Waals surface area (Å²) in [6, 6.07) is 3.51. The molecule has 5 heteroatoms. The van der Waals surface area contributed by atoms with Crippen LogP contribution in [0.1, 0.15) is 50.8 Å². The quantitative estimate of drug-likeness (QED) is 0.925. The van der Waals surface area contributed by atoms with Crippen molar-refractivity contribution in [2.75, 3.05) is 18.0 Å². The number of pyridine rings is 1. The van der Waals surface area contributed by atoms with Crippen molar-refractivity contribution in [2.24, 2.45) is 11.1 Å². The Kier molecular flexibility index (Phi) is 3.92. The van der Waals surface area contributed by atoms with Crippen LogP contribution in [0.4, 0.5) is 5.82 Å². The van der Waals surface area contributed by atoms with Crippen LogP contribution in [-0.2, 0) is 0 Å². The van der Waals surface area contributed by atoms with Crippen LogP contribution in [0.15, 0.2) is 23.1 Å². The Labute approximate surface area is 137 Å². The van der Waals surface area contributed by atoms with Gasteiger partial charge in [0.2, 0.25) is 0 Å². The SMILES string of the molecule is Cc1cc([C@@H](C)N)c2nc(N3CCC(C)(C)CC3)cc(=O)n2c1. The number of anilines is 1. The fourth-order valence-electron chi connectivity index (χ4n) is 3.20. The molecule has 0 spiro atoms. The van der Waals surface area contributed by atoms with Gasteiger partial charge in [0, 0.05) is 37.0 Å². The highest BCUT2D eigenvalue weighted by Crippen LogP contribution is 2.31. The number of piperidine rings is 1. The Morgan fingerprint density at radius 1 is 1.26 bits per heavy atom. The Bertz CT molecular complexity index is 781. The van der Waals surface area contributed by atoms with E-state index in [0.717, 1.165) is 42.9 Å². The molecule has 0 aromatic carbocycles. The third-order valence-corrected chi connectivity index (χ3v) is 4.84. The lowest BCUT2D eigenvalue weighted by atomic mass is 9.83. The van der Waals surface area contributed by atoms with Gasteiger partial charge in [0.25, 0.3) is 5.56 Å². The maximum atomic E-state index is 12.6. The first-order valence-electron chi connectivity index (χ1n) is 8.31. The van der Waals surface area contributed by atoms with Crippen LogP contribution in [-0.4, -0.2) is 22.5 Å².